The molecule has 2 amide bonds. The van der Waals surface area contributed by atoms with E-state index < -0.39 is 24.0 Å². The van der Waals surface area contributed by atoms with Crippen LogP contribution in [0.1, 0.15) is 16.8 Å². The molecule has 1 unspecified atom stereocenters. The van der Waals surface area contributed by atoms with Gasteiger partial charge in [0.25, 0.3) is 5.91 Å². The van der Waals surface area contributed by atoms with Crippen LogP contribution in [0.15, 0.2) is 41.7 Å². The number of hydrogen-bond acceptors (Lipinski definition) is 10. The van der Waals surface area contributed by atoms with E-state index in [1.54, 1.807) is 24.4 Å². The Labute approximate surface area is 216 Å². The summed E-state index contributed by atoms with van der Waals surface area (Å²) in [6.45, 7) is 1.62. The van der Waals surface area contributed by atoms with E-state index in [1.807, 2.05) is 10.6 Å². The van der Waals surface area contributed by atoms with Crippen molar-refractivity contribution in [2.45, 2.75) is 25.1 Å². The molecule has 3 aromatic rings. The van der Waals surface area contributed by atoms with Crippen LogP contribution in [0, 0.1) is 0 Å². The van der Waals surface area contributed by atoms with E-state index in [0.29, 0.717) is 48.6 Å². The van der Waals surface area contributed by atoms with Gasteiger partial charge in [0, 0.05) is 37.3 Å². The maximum Gasteiger partial charge on any atom is 0.410 e. The van der Waals surface area contributed by atoms with E-state index in [0.717, 1.165) is 11.2 Å². The van der Waals surface area contributed by atoms with Gasteiger partial charge >= 0.3 is 12.1 Å². The van der Waals surface area contributed by atoms with Crippen LogP contribution in [0.2, 0.25) is 0 Å². The Morgan fingerprint density at radius 3 is 2.92 bits per heavy atom. The zero-order valence-electron chi connectivity index (χ0n) is 20.5. The van der Waals surface area contributed by atoms with Gasteiger partial charge in [0.15, 0.2) is 11.5 Å². The third-order valence-corrected chi connectivity index (χ3v) is 6.63. The number of amides is 2. The Morgan fingerprint density at radius 2 is 2.16 bits per heavy atom. The molecule has 3 aliphatic heterocycles. The Bertz CT molecular complexity index is 1510. The van der Waals surface area contributed by atoms with Crippen LogP contribution < -0.4 is 20.4 Å². The molecule has 13 nitrogen and oxygen atoms in total. The minimum absolute atomic E-state index is 0.0296. The molecule has 5 heterocycles. The number of carbonyl (C=O) groups is 3. The van der Waals surface area contributed by atoms with Crippen LogP contribution in [-0.2, 0) is 20.8 Å². The van der Waals surface area contributed by atoms with Crippen LogP contribution in [0.4, 0.5) is 10.6 Å². The number of rotatable bonds is 6. The number of carbonyl (C=O) groups excluding carboxylic acids is 3. The molecule has 2 saturated heterocycles. The van der Waals surface area contributed by atoms with Crippen molar-refractivity contribution in [3.63, 3.8) is 0 Å². The molecular formula is C25H24N6O7. The quantitative estimate of drug-likeness (QED) is 0.370. The summed E-state index contributed by atoms with van der Waals surface area (Å²) in [6, 6.07) is 6.33. The molecule has 0 spiro atoms. The maximum absolute atomic E-state index is 12.7. The molecule has 1 N–H and O–H groups in total. The second-order valence-corrected chi connectivity index (χ2v) is 8.92. The number of benzene rings is 1. The molecule has 2 aromatic heterocycles. The second kappa shape index (κ2) is 9.65. The number of nitrogens with one attached hydrogen (secondary N) is 1. The summed E-state index contributed by atoms with van der Waals surface area (Å²) >= 11 is 0. The summed E-state index contributed by atoms with van der Waals surface area (Å²) in [4.78, 5) is 51.1. The number of aromatic nitrogens is 3. The molecular weight excluding hydrogens is 496 g/mol. The summed E-state index contributed by atoms with van der Waals surface area (Å²) in [5, 5.41) is 4.10. The molecule has 196 valence electrons. The first-order valence-electron chi connectivity index (χ1n) is 12.1. The largest absolute Gasteiger partial charge is 0.491 e. The van der Waals surface area contributed by atoms with Crippen molar-refractivity contribution >= 4 is 34.7 Å². The van der Waals surface area contributed by atoms with Crippen molar-refractivity contribution in [1.82, 2.24) is 19.4 Å². The molecule has 0 saturated carbocycles. The Kier molecular flexibility index (Phi) is 6.02. The number of nitrogens with zero attached hydrogens (tertiary/aromatic N) is 5. The van der Waals surface area contributed by atoms with Crippen LogP contribution in [0.5, 0.6) is 11.5 Å². The summed E-state index contributed by atoms with van der Waals surface area (Å²) in [5.41, 5.74) is 1.05. The Hall–Kier alpha value is -4.68. The number of esters is 1. The van der Waals surface area contributed by atoms with Crippen molar-refractivity contribution in [3.05, 3.63) is 47.8 Å². The van der Waals surface area contributed by atoms with Gasteiger partial charge in [-0.1, -0.05) is 0 Å². The minimum Gasteiger partial charge on any atom is -0.491 e. The third-order valence-electron chi connectivity index (χ3n) is 6.63. The van der Waals surface area contributed by atoms with Gasteiger partial charge < -0.3 is 24.3 Å². The standard InChI is InChI=1S/C25H24N6O7/c1-35-20-18(36-9-10-37-25(34)31-13-15-11-17(31)23(33)38-15)5-4-16-19(20)28-24(30-8-7-27-21(16)30)29-22(32)14-3-2-6-26-12-14/h2-6,12,15,17,27H,7-11,13H2,1H3/t15?,17-/m1/s1. The van der Waals surface area contributed by atoms with E-state index in [1.165, 1.54) is 18.2 Å². The Morgan fingerprint density at radius 1 is 1.26 bits per heavy atom. The van der Waals surface area contributed by atoms with Crippen molar-refractivity contribution in [2.24, 2.45) is 4.99 Å². The van der Waals surface area contributed by atoms with E-state index in [4.69, 9.17) is 18.9 Å². The number of likely N-dealkylation sites (tertiary alicyclic amines) is 1. The molecule has 13 heteroatoms. The van der Waals surface area contributed by atoms with Crippen molar-refractivity contribution in [1.29, 1.82) is 0 Å². The first-order valence-corrected chi connectivity index (χ1v) is 12.1. The number of hydrogen-bond donors (Lipinski definition) is 1. The fourth-order valence-electron chi connectivity index (χ4n) is 4.90. The fourth-order valence-corrected chi connectivity index (χ4v) is 4.90. The predicted molar refractivity (Wildman–Crippen MR) is 131 cm³/mol. The minimum atomic E-state index is -0.576. The highest BCUT2D eigenvalue weighted by atomic mass is 16.6. The van der Waals surface area contributed by atoms with Gasteiger partial charge in [-0.05, 0) is 24.3 Å². The number of morpholine rings is 1. The molecule has 38 heavy (non-hydrogen) atoms. The summed E-state index contributed by atoms with van der Waals surface area (Å²) in [6.07, 6.45) is 2.71. The molecule has 0 aliphatic carbocycles. The van der Waals surface area contributed by atoms with E-state index in [2.05, 4.69) is 20.3 Å². The van der Waals surface area contributed by atoms with E-state index >= 15 is 0 Å². The van der Waals surface area contributed by atoms with Gasteiger partial charge in [-0.3, -0.25) is 19.2 Å². The van der Waals surface area contributed by atoms with Crippen LogP contribution in [0.25, 0.3) is 10.9 Å². The van der Waals surface area contributed by atoms with Crippen molar-refractivity contribution < 1.29 is 33.3 Å². The number of ether oxygens (including phenoxy) is 4. The molecule has 6 rings (SSSR count). The number of pyridine rings is 1. The highest BCUT2D eigenvalue weighted by Crippen LogP contribution is 2.37. The zero-order chi connectivity index (χ0) is 26.2. The molecule has 0 radical (unpaired) electrons. The number of anilines is 1. The lowest BCUT2D eigenvalue weighted by Crippen LogP contribution is -2.44. The lowest BCUT2D eigenvalue weighted by molar-refractivity contribution is -0.150. The molecule has 2 bridgehead atoms. The smallest absolute Gasteiger partial charge is 0.410 e. The molecule has 3 aliphatic rings. The third kappa shape index (κ3) is 4.15. The van der Waals surface area contributed by atoms with Gasteiger partial charge in [0.05, 0.1) is 19.2 Å². The Balaban J connectivity index is 1.22. The number of methoxy groups -OCH3 is 1. The monoisotopic (exact) mass is 520 g/mol. The van der Waals surface area contributed by atoms with E-state index in [-0.39, 0.29) is 24.9 Å². The summed E-state index contributed by atoms with van der Waals surface area (Å²) in [5.74, 6) is 0.662. The first-order chi connectivity index (χ1) is 18.5. The van der Waals surface area contributed by atoms with Gasteiger partial charge in [-0.2, -0.15) is 4.99 Å². The van der Waals surface area contributed by atoms with E-state index in [9.17, 15) is 14.4 Å². The van der Waals surface area contributed by atoms with Crippen molar-refractivity contribution in [3.8, 4) is 11.5 Å². The normalized spacial score (nSPS) is 19.8. The zero-order valence-corrected chi connectivity index (χ0v) is 20.5. The van der Waals surface area contributed by atoms with Gasteiger partial charge in [-0.25, -0.2) is 14.6 Å². The molecule has 2 fully saturated rings. The number of fused-ring (bicyclic) bond motifs is 5. The maximum atomic E-state index is 12.7. The van der Waals surface area contributed by atoms with Crippen LogP contribution in [0.3, 0.4) is 0 Å². The summed E-state index contributed by atoms with van der Waals surface area (Å²) in [7, 11) is 1.50. The predicted octanol–water partition coefficient (Wildman–Crippen LogP) is 1.12. The van der Waals surface area contributed by atoms with Gasteiger partial charge in [0.1, 0.15) is 36.7 Å². The lowest BCUT2D eigenvalue weighted by Gasteiger charge is -2.24. The van der Waals surface area contributed by atoms with Gasteiger partial charge in [0.2, 0.25) is 5.62 Å². The molecule has 1 aromatic carbocycles. The van der Waals surface area contributed by atoms with Crippen LogP contribution in [-0.4, -0.2) is 83.0 Å². The van der Waals surface area contributed by atoms with Crippen LogP contribution >= 0.6 is 0 Å². The average molecular weight is 521 g/mol. The summed E-state index contributed by atoms with van der Waals surface area (Å²) < 4.78 is 23.7. The average Bonchev–Trinajstić information content (AvgIpc) is 3.67. The SMILES string of the molecule is COc1c(OCCOC(=O)N2CC3C[C@@H]2C(=O)O3)ccc2c3n(c(=NC(=O)c4cccnc4)nc12)CCN3. The van der Waals surface area contributed by atoms with Crippen molar-refractivity contribution in [2.75, 3.05) is 38.7 Å². The topological polar surface area (TPSA) is 146 Å². The highest BCUT2D eigenvalue weighted by Gasteiger charge is 2.49. The van der Waals surface area contributed by atoms with Gasteiger partial charge in [-0.15, -0.1) is 0 Å². The highest BCUT2D eigenvalue weighted by molar-refractivity contribution is 5.96. The lowest BCUT2D eigenvalue weighted by atomic mass is 10.2. The molecule has 2 atom stereocenters. The fraction of sp³-hybridized carbons (Fsp3) is 0.360. The second-order valence-electron chi connectivity index (χ2n) is 8.92. The first kappa shape index (κ1) is 23.7.